The van der Waals surface area contributed by atoms with Crippen LogP contribution in [-0.4, -0.2) is 23.6 Å². The molecule has 0 bridgehead atoms. The normalized spacial score (nSPS) is 10.6. The molecule has 1 aromatic heterocycles. The molecule has 3 rings (SSSR count). The van der Waals surface area contributed by atoms with E-state index in [9.17, 15) is 0 Å². The highest BCUT2D eigenvalue weighted by molar-refractivity contribution is 6.29. The third-order valence-corrected chi connectivity index (χ3v) is 3.71. The molecule has 1 N–H and O–H groups in total. The van der Waals surface area contributed by atoms with Gasteiger partial charge in [0.25, 0.3) is 0 Å². The lowest BCUT2D eigenvalue weighted by Gasteiger charge is -2.12. The summed E-state index contributed by atoms with van der Waals surface area (Å²) in [6.45, 7) is 0.699. The first-order chi connectivity index (χ1) is 10.8. The summed E-state index contributed by atoms with van der Waals surface area (Å²) in [7, 11) is 1.70. The predicted molar refractivity (Wildman–Crippen MR) is 89.7 cm³/mol. The molecule has 0 amide bonds. The number of halogens is 1. The zero-order chi connectivity index (χ0) is 15.4. The molecule has 2 aromatic carbocycles. The summed E-state index contributed by atoms with van der Waals surface area (Å²) in [6.07, 6.45) is 2.44. The van der Waals surface area contributed by atoms with Gasteiger partial charge in [0.05, 0.1) is 7.11 Å². The first-order valence-electron chi connectivity index (χ1n) is 7.05. The van der Waals surface area contributed by atoms with Crippen molar-refractivity contribution in [3.63, 3.8) is 0 Å². The van der Waals surface area contributed by atoms with Gasteiger partial charge >= 0.3 is 0 Å². The maximum absolute atomic E-state index is 5.86. The van der Waals surface area contributed by atoms with Crippen molar-refractivity contribution >= 4 is 28.3 Å². The Labute approximate surface area is 134 Å². The number of hydrogen-bond acceptors (Lipinski definition) is 4. The molecule has 0 spiro atoms. The molecule has 0 radical (unpaired) electrons. The molecule has 4 nitrogen and oxygen atoms in total. The van der Waals surface area contributed by atoms with Crippen LogP contribution in [0.1, 0.15) is 5.56 Å². The fourth-order valence-corrected chi connectivity index (χ4v) is 2.62. The average Bonchev–Trinajstić information content (AvgIpc) is 2.55. The Morgan fingerprint density at radius 2 is 2.00 bits per heavy atom. The molecule has 0 unspecified atom stereocenters. The fraction of sp³-hybridized carbons (Fsp3) is 0.176. The fourth-order valence-electron chi connectivity index (χ4n) is 2.49. The number of anilines is 1. The molecule has 0 saturated heterocycles. The van der Waals surface area contributed by atoms with E-state index in [4.69, 9.17) is 16.3 Å². The lowest BCUT2D eigenvalue weighted by Crippen LogP contribution is -2.09. The van der Waals surface area contributed by atoms with Crippen LogP contribution in [0.3, 0.4) is 0 Å². The van der Waals surface area contributed by atoms with Crippen molar-refractivity contribution in [2.24, 2.45) is 0 Å². The smallest absolute Gasteiger partial charge is 0.224 e. The number of aromatic nitrogens is 2. The number of nitrogens with zero attached hydrogens (tertiary/aromatic N) is 2. The number of fused-ring (bicyclic) bond motifs is 1. The first kappa shape index (κ1) is 14.6. The van der Waals surface area contributed by atoms with Crippen LogP contribution in [0.5, 0.6) is 5.75 Å². The van der Waals surface area contributed by atoms with E-state index in [1.165, 1.54) is 16.3 Å². The number of ether oxygens (including phenoxy) is 1. The molecule has 0 atom stereocenters. The molecule has 0 fully saturated rings. The van der Waals surface area contributed by atoms with Crippen LogP contribution in [0.2, 0.25) is 5.15 Å². The molecule has 0 saturated carbocycles. The molecule has 1 heterocycles. The minimum absolute atomic E-state index is 0.431. The van der Waals surface area contributed by atoms with Crippen LogP contribution in [0.25, 0.3) is 10.8 Å². The van der Waals surface area contributed by atoms with Gasteiger partial charge in [-0.05, 0) is 29.3 Å². The van der Waals surface area contributed by atoms with Gasteiger partial charge in [0.15, 0.2) is 0 Å². The van der Waals surface area contributed by atoms with Gasteiger partial charge in [0.1, 0.15) is 10.9 Å². The molecule has 0 aliphatic rings. The molecule has 22 heavy (non-hydrogen) atoms. The van der Waals surface area contributed by atoms with Crippen LogP contribution in [0, 0.1) is 0 Å². The predicted octanol–water partition coefficient (Wildman–Crippen LogP) is 3.95. The Bertz CT molecular complexity index is 792. The minimum atomic E-state index is 0.431. The molecule has 3 aromatic rings. The van der Waals surface area contributed by atoms with Crippen molar-refractivity contribution < 1.29 is 4.74 Å². The number of hydrogen-bond donors (Lipinski definition) is 1. The Morgan fingerprint density at radius 1 is 1.14 bits per heavy atom. The maximum atomic E-state index is 5.86. The summed E-state index contributed by atoms with van der Waals surface area (Å²) >= 11 is 5.86. The highest BCUT2D eigenvalue weighted by atomic mass is 35.5. The summed E-state index contributed by atoms with van der Waals surface area (Å²) in [5, 5.41) is 6.03. The number of benzene rings is 2. The molecule has 5 heteroatoms. The summed E-state index contributed by atoms with van der Waals surface area (Å²) in [6, 6.07) is 14.0. The zero-order valence-corrected chi connectivity index (χ0v) is 13.0. The zero-order valence-electron chi connectivity index (χ0n) is 12.2. The second-order valence-electron chi connectivity index (χ2n) is 4.85. The second-order valence-corrected chi connectivity index (χ2v) is 5.23. The van der Waals surface area contributed by atoms with Crippen molar-refractivity contribution in [2.45, 2.75) is 6.42 Å². The molecule has 0 aliphatic heterocycles. The summed E-state index contributed by atoms with van der Waals surface area (Å²) in [5.74, 6) is 1.43. The van der Waals surface area contributed by atoms with Gasteiger partial charge in [-0.3, -0.25) is 0 Å². The highest BCUT2D eigenvalue weighted by Gasteiger charge is 2.08. The highest BCUT2D eigenvalue weighted by Crippen LogP contribution is 2.28. The van der Waals surface area contributed by atoms with Gasteiger partial charge in [0, 0.05) is 18.3 Å². The number of rotatable bonds is 5. The lowest BCUT2D eigenvalue weighted by molar-refractivity contribution is 0.411. The van der Waals surface area contributed by atoms with Crippen molar-refractivity contribution in [2.75, 3.05) is 19.0 Å². The van der Waals surface area contributed by atoms with Crippen LogP contribution < -0.4 is 10.1 Å². The van der Waals surface area contributed by atoms with E-state index in [0.717, 1.165) is 12.2 Å². The van der Waals surface area contributed by atoms with E-state index in [2.05, 4.69) is 33.5 Å². The maximum Gasteiger partial charge on any atom is 0.224 e. The number of methoxy groups -OCH3 is 1. The summed E-state index contributed by atoms with van der Waals surface area (Å²) in [5.41, 5.74) is 1.18. The molecule has 0 aliphatic carbocycles. The van der Waals surface area contributed by atoms with Crippen LogP contribution in [0.4, 0.5) is 5.95 Å². The summed E-state index contributed by atoms with van der Waals surface area (Å²) < 4.78 is 5.50. The van der Waals surface area contributed by atoms with Gasteiger partial charge in [-0.1, -0.05) is 41.9 Å². The lowest BCUT2D eigenvalue weighted by atomic mass is 10.0. The Kier molecular flexibility index (Phi) is 4.39. The quantitative estimate of drug-likeness (QED) is 0.725. The Morgan fingerprint density at radius 3 is 2.82 bits per heavy atom. The average molecular weight is 314 g/mol. The van der Waals surface area contributed by atoms with E-state index in [0.29, 0.717) is 17.6 Å². The van der Waals surface area contributed by atoms with Gasteiger partial charge in [-0.15, -0.1) is 0 Å². The van der Waals surface area contributed by atoms with Crippen LogP contribution in [0.15, 0.2) is 48.7 Å². The topological polar surface area (TPSA) is 47.0 Å². The van der Waals surface area contributed by atoms with Gasteiger partial charge in [-0.25, -0.2) is 9.97 Å². The van der Waals surface area contributed by atoms with Crippen molar-refractivity contribution in [3.8, 4) is 5.75 Å². The first-order valence-corrected chi connectivity index (χ1v) is 7.43. The van der Waals surface area contributed by atoms with E-state index in [-0.39, 0.29) is 0 Å². The molecular weight excluding hydrogens is 298 g/mol. The summed E-state index contributed by atoms with van der Waals surface area (Å²) in [4.78, 5) is 8.26. The van der Waals surface area contributed by atoms with E-state index in [1.807, 2.05) is 18.2 Å². The van der Waals surface area contributed by atoms with Crippen molar-refractivity contribution in [1.29, 1.82) is 0 Å². The minimum Gasteiger partial charge on any atom is -0.496 e. The Hall–Kier alpha value is -2.33. The van der Waals surface area contributed by atoms with Crippen molar-refractivity contribution in [1.82, 2.24) is 9.97 Å². The largest absolute Gasteiger partial charge is 0.496 e. The third kappa shape index (κ3) is 3.12. The van der Waals surface area contributed by atoms with Gasteiger partial charge < -0.3 is 10.1 Å². The van der Waals surface area contributed by atoms with E-state index >= 15 is 0 Å². The number of nitrogens with one attached hydrogen (secondary N) is 1. The SMILES string of the molecule is COc1ccc2ccccc2c1CCNc1nccc(Cl)n1. The third-order valence-electron chi connectivity index (χ3n) is 3.50. The standard InChI is InChI=1S/C17H16ClN3O/c1-22-15-7-6-12-4-2-3-5-13(12)14(15)8-10-19-17-20-11-9-16(18)21-17/h2-7,9,11H,8,10H2,1H3,(H,19,20,21). The second kappa shape index (κ2) is 6.62. The molecular formula is C17H16ClN3O. The molecule has 112 valence electrons. The van der Waals surface area contributed by atoms with Gasteiger partial charge in [0.2, 0.25) is 5.95 Å². The van der Waals surface area contributed by atoms with Crippen LogP contribution in [-0.2, 0) is 6.42 Å². The van der Waals surface area contributed by atoms with E-state index < -0.39 is 0 Å². The van der Waals surface area contributed by atoms with Gasteiger partial charge in [-0.2, -0.15) is 0 Å². The monoisotopic (exact) mass is 313 g/mol. The Balaban J connectivity index is 1.81. The van der Waals surface area contributed by atoms with Crippen LogP contribution >= 0.6 is 11.6 Å². The van der Waals surface area contributed by atoms with E-state index in [1.54, 1.807) is 19.4 Å². The van der Waals surface area contributed by atoms with Crippen molar-refractivity contribution in [3.05, 3.63) is 59.4 Å².